The Morgan fingerprint density at radius 2 is 2.21 bits per heavy atom. The van der Waals surface area contributed by atoms with Crippen molar-refractivity contribution in [1.29, 1.82) is 0 Å². The fourth-order valence-corrected chi connectivity index (χ4v) is 2.14. The second-order valence-corrected chi connectivity index (χ2v) is 4.55. The normalized spacial score (nSPS) is 10.8. The molecule has 0 saturated heterocycles. The second kappa shape index (κ2) is 5.28. The molecule has 0 aliphatic heterocycles. The topological polar surface area (TPSA) is 50.8 Å². The minimum Gasteiger partial charge on any atom is -0.493 e. The minimum atomic E-state index is 0.516. The van der Waals surface area contributed by atoms with E-state index in [-0.39, 0.29) is 0 Å². The molecule has 1 N–H and O–H groups in total. The number of rotatable bonds is 4. The number of hydrogen-bond donors (Lipinski definition) is 1. The van der Waals surface area contributed by atoms with Crippen molar-refractivity contribution in [2.24, 2.45) is 0 Å². The van der Waals surface area contributed by atoms with E-state index in [9.17, 15) is 0 Å². The highest BCUT2D eigenvalue weighted by Crippen LogP contribution is 2.25. The van der Waals surface area contributed by atoms with Crippen molar-refractivity contribution in [3.63, 3.8) is 0 Å². The Kier molecular flexibility index (Phi) is 3.33. The second-order valence-electron chi connectivity index (χ2n) is 4.19. The first-order valence-electron chi connectivity index (χ1n) is 5.98. The van der Waals surface area contributed by atoms with E-state index in [1.807, 2.05) is 30.5 Å². The van der Waals surface area contributed by atoms with Gasteiger partial charge in [0.05, 0.1) is 12.8 Å². The van der Waals surface area contributed by atoms with Crippen LogP contribution in [0.2, 0.25) is 5.15 Å². The molecule has 19 heavy (non-hydrogen) atoms. The SMILES string of the molecule is Clc1nccc2cc(OCCc3cn[nH]c3)ccc12. The molecule has 0 saturated carbocycles. The maximum atomic E-state index is 6.02. The summed E-state index contributed by atoms with van der Waals surface area (Å²) >= 11 is 6.02. The molecule has 5 heteroatoms. The summed E-state index contributed by atoms with van der Waals surface area (Å²) in [4.78, 5) is 4.05. The molecule has 0 atom stereocenters. The number of fused-ring (bicyclic) bond motifs is 1. The van der Waals surface area contributed by atoms with Crippen LogP contribution < -0.4 is 4.74 Å². The average molecular weight is 274 g/mol. The molecule has 96 valence electrons. The van der Waals surface area contributed by atoms with Crippen LogP contribution >= 0.6 is 11.6 Å². The molecule has 0 radical (unpaired) electrons. The number of H-pyrrole nitrogens is 1. The highest BCUT2D eigenvalue weighted by atomic mass is 35.5. The van der Waals surface area contributed by atoms with Gasteiger partial charge in [-0.15, -0.1) is 0 Å². The van der Waals surface area contributed by atoms with E-state index in [1.165, 1.54) is 0 Å². The zero-order valence-corrected chi connectivity index (χ0v) is 10.9. The van der Waals surface area contributed by atoms with E-state index in [0.29, 0.717) is 11.8 Å². The molecular formula is C14H12ClN3O. The number of nitrogens with zero attached hydrogens (tertiary/aromatic N) is 2. The largest absolute Gasteiger partial charge is 0.493 e. The summed E-state index contributed by atoms with van der Waals surface area (Å²) in [5.74, 6) is 0.832. The molecule has 0 aliphatic carbocycles. The van der Waals surface area contributed by atoms with Gasteiger partial charge in [-0.2, -0.15) is 5.10 Å². The summed E-state index contributed by atoms with van der Waals surface area (Å²) < 4.78 is 5.72. The van der Waals surface area contributed by atoms with Gasteiger partial charge in [-0.3, -0.25) is 5.10 Å². The van der Waals surface area contributed by atoms with E-state index < -0.39 is 0 Å². The van der Waals surface area contributed by atoms with Crippen molar-refractivity contribution >= 4 is 22.4 Å². The van der Waals surface area contributed by atoms with E-state index in [2.05, 4.69) is 15.2 Å². The van der Waals surface area contributed by atoms with Gasteiger partial charge in [0.15, 0.2) is 0 Å². The fourth-order valence-electron chi connectivity index (χ4n) is 1.91. The summed E-state index contributed by atoms with van der Waals surface area (Å²) in [6.07, 6.45) is 6.19. The van der Waals surface area contributed by atoms with Crippen LogP contribution in [0.15, 0.2) is 42.9 Å². The molecule has 2 heterocycles. The molecule has 0 unspecified atom stereocenters. The number of nitrogens with one attached hydrogen (secondary N) is 1. The van der Waals surface area contributed by atoms with Crippen LogP contribution in [0.4, 0.5) is 0 Å². The van der Waals surface area contributed by atoms with Crippen LogP contribution in [0, 0.1) is 0 Å². The lowest BCUT2D eigenvalue weighted by Crippen LogP contribution is -2.00. The molecule has 3 rings (SSSR count). The van der Waals surface area contributed by atoms with Gasteiger partial charge in [-0.05, 0) is 35.2 Å². The Morgan fingerprint density at radius 1 is 1.26 bits per heavy atom. The summed E-state index contributed by atoms with van der Waals surface area (Å²) in [5, 5.41) is 9.16. The van der Waals surface area contributed by atoms with E-state index in [1.54, 1.807) is 12.4 Å². The molecule has 2 aromatic heterocycles. The van der Waals surface area contributed by atoms with Crippen molar-refractivity contribution in [3.8, 4) is 5.75 Å². The summed E-state index contributed by atoms with van der Waals surface area (Å²) in [6.45, 7) is 0.615. The average Bonchev–Trinajstić information content (AvgIpc) is 2.92. The number of pyridine rings is 1. The quantitative estimate of drug-likeness (QED) is 0.743. The highest BCUT2D eigenvalue weighted by Gasteiger charge is 2.02. The number of benzene rings is 1. The van der Waals surface area contributed by atoms with Gasteiger partial charge in [0.1, 0.15) is 10.9 Å². The lowest BCUT2D eigenvalue weighted by molar-refractivity contribution is 0.322. The zero-order chi connectivity index (χ0) is 13.1. The van der Waals surface area contributed by atoms with Crippen molar-refractivity contribution in [2.75, 3.05) is 6.61 Å². The number of ether oxygens (including phenoxy) is 1. The third kappa shape index (κ3) is 2.69. The monoisotopic (exact) mass is 273 g/mol. The Labute approximate surface area is 115 Å². The molecule has 3 aromatic rings. The van der Waals surface area contributed by atoms with Crippen LogP contribution in [0.25, 0.3) is 10.8 Å². The first-order valence-corrected chi connectivity index (χ1v) is 6.35. The smallest absolute Gasteiger partial charge is 0.136 e. The van der Waals surface area contributed by atoms with Gasteiger partial charge < -0.3 is 4.74 Å². The Bertz CT molecular complexity index is 682. The lowest BCUT2D eigenvalue weighted by Gasteiger charge is -2.07. The Hall–Kier alpha value is -2.07. The Balaban J connectivity index is 1.71. The van der Waals surface area contributed by atoms with Gasteiger partial charge in [-0.1, -0.05) is 11.6 Å². The Morgan fingerprint density at radius 3 is 3.05 bits per heavy atom. The maximum absolute atomic E-state index is 6.02. The lowest BCUT2D eigenvalue weighted by atomic mass is 10.2. The van der Waals surface area contributed by atoms with Crippen molar-refractivity contribution < 1.29 is 4.74 Å². The van der Waals surface area contributed by atoms with E-state index in [4.69, 9.17) is 16.3 Å². The van der Waals surface area contributed by atoms with Crippen LogP contribution in [0.5, 0.6) is 5.75 Å². The molecule has 0 spiro atoms. The van der Waals surface area contributed by atoms with Crippen LogP contribution in [0.3, 0.4) is 0 Å². The van der Waals surface area contributed by atoms with Crippen LogP contribution in [-0.2, 0) is 6.42 Å². The van der Waals surface area contributed by atoms with E-state index in [0.717, 1.165) is 28.5 Å². The van der Waals surface area contributed by atoms with Crippen molar-refractivity contribution in [3.05, 3.63) is 53.6 Å². The van der Waals surface area contributed by atoms with Crippen LogP contribution in [0.1, 0.15) is 5.56 Å². The third-order valence-electron chi connectivity index (χ3n) is 2.90. The third-order valence-corrected chi connectivity index (χ3v) is 3.20. The molecule has 4 nitrogen and oxygen atoms in total. The number of aromatic amines is 1. The first-order chi connectivity index (χ1) is 9.33. The molecule has 0 bridgehead atoms. The zero-order valence-electron chi connectivity index (χ0n) is 10.1. The van der Waals surface area contributed by atoms with Gasteiger partial charge in [0.25, 0.3) is 0 Å². The van der Waals surface area contributed by atoms with E-state index >= 15 is 0 Å². The summed E-state index contributed by atoms with van der Waals surface area (Å²) in [7, 11) is 0. The summed E-state index contributed by atoms with van der Waals surface area (Å²) in [5.41, 5.74) is 1.13. The number of hydrogen-bond acceptors (Lipinski definition) is 3. The maximum Gasteiger partial charge on any atom is 0.136 e. The molecule has 0 fully saturated rings. The fraction of sp³-hybridized carbons (Fsp3) is 0.143. The van der Waals surface area contributed by atoms with Crippen molar-refractivity contribution in [1.82, 2.24) is 15.2 Å². The van der Waals surface area contributed by atoms with Gasteiger partial charge in [-0.25, -0.2) is 4.98 Å². The first kappa shape index (κ1) is 12.0. The molecular weight excluding hydrogens is 262 g/mol. The van der Waals surface area contributed by atoms with Gasteiger partial charge >= 0.3 is 0 Å². The summed E-state index contributed by atoms with van der Waals surface area (Å²) in [6, 6.07) is 7.73. The number of halogens is 1. The molecule has 0 aliphatic rings. The van der Waals surface area contributed by atoms with Gasteiger partial charge in [0, 0.05) is 24.2 Å². The predicted octanol–water partition coefficient (Wildman–Crippen LogP) is 3.23. The molecule has 1 aromatic carbocycles. The highest BCUT2D eigenvalue weighted by molar-refractivity contribution is 6.34. The van der Waals surface area contributed by atoms with Crippen LogP contribution in [-0.4, -0.2) is 21.8 Å². The van der Waals surface area contributed by atoms with Gasteiger partial charge in [0.2, 0.25) is 0 Å². The molecule has 0 amide bonds. The predicted molar refractivity (Wildman–Crippen MR) is 74.5 cm³/mol. The standard InChI is InChI=1S/C14H12ClN3O/c15-14-13-2-1-12(7-11(13)3-5-16-14)19-6-4-10-8-17-18-9-10/h1-3,5,7-9H,4,6H2,(H,17,18). The minimum absolute atomic E-state index is 0.516. The van der Waals surface area contributed by atoms with Crippen molar-refractivity contribution in [2.45, 2.75) is 6.42 Å². The number of aromatic nitrogens is 3.